The molecule has 0 aliphatic rings. The molecule has 2 N–H and O–H groups in total. The average molecular weight is 346 g/mol. The molecule has 5 heteroatoms. The van der Waals surface area contributed by atoms with Crippen molar-refractivity contribution in [1.82, 2.24) is 10.3 Å². The minimum Gasteiger partial charge on any atom is -0.310 e. The Morgan fingerprint density at radius 1 is 1.17 bits per heavy atom. The van der Waals surface area contributed by atoms with Gasteiger partial charge in [-0.05, 0) is 35.6 Å². The van der Waals surface area contributed by atoms with Gasteiger partial charge in [0, 0.05) is 12.2 Å². The number of aryl methyl sites for hydroxylation is 1. The molecule has 2 aromatic rings. The van der Waals surface area contributed by atoms with Crippen LogP contribution in [0.3, 0.4) is 0 Å². The Morgan fingerprint density at radius 2 is 1.88 bits per heavy atom. The maximum absolute atomic E-state index is 12.1. The van der Waals surface area contributed by atoms with Gasteiger partial charge < -0.3 is 10.6 Å². The number of nitrogens with zero attached hydrogens (tertiary/aromatic N) is 1. The van der Waals surface area contributed by atoms with Gasteiger partial charge >= 0.3 is 0 Å². The van der Waals surface area contributed by atoms with Crippen LogP contribution < -0.4 is 10.6 Å². The molecule has 1 amide bonds. The molecule has 0 saturated carbocycles. The lowest BCUT2D eigenvalue weighted by atomic mass is 9.95. The Hall–Kier alpha value is -1.91. The molecule has 0 bridgehead atoms. The second-order valence-electron chi connectivity index (χ2n) is 6.11. The predicted octanol–water partition coefficient (Wildman–Crippen LogP) is 4.22. The lowest BCUT2D eigenvalue weighted by Gasteiger charge is -2.23. The third kappa shape index (κ3) is 5.32. The van der Waals surface area contributed by atoms with Gasteiger partial charge in [0.25, 0.3) is 0 Å². The normalized spacial score (nSPS) is 12.2. The number of hydrogen-bond acceptors (Lipinski definition) is 3. The summed E-state index contributed by atoms with van der Waals surface area (Å²) in [5.74, 6) is 0.749. The van der Waals surface area contributed by atoms with Crippen molar-refractivity contribution in [2.24, 2.45) is 5.92 Å². The Balaban J connectivity index is 1.95. The van der Waals surface area contributed by atoms with Gasteiger partial charge in [0.05, 0.1) is 11.6 Å². The molecule has 1 heterocycles. The van der Waals surface area contributed by atoms with Crippen molar-refractivity contribution in [3.8, 4) is 0 Å². The molecule has 0 aliphatic heterocycles. The van der Waals surface area contributed by atoms with Crippen molar-refractivity contribution >= 4 is 23.3 Å². The fraction of sp³-hybridized carbons (Fsp3) is 0.368. The first kappa shape index (κ1) is 18.4. The molecule has 24 heavy (non-hydrogen) atoms. The number of halogens is 1. The van der Waals surface area contributed by atoms with Crippen LogP contribution in [0.4, 0.5) is 5.82 Å². The molecule has 0 fully saturated rings. The van der Waals surface area contributed by atoms with Gasteiger partial charge in [0.2, 0.25) is 5.91 Å². The molecule has 0 spiro atoms. The third-order valence-corrected chi connectivity index (χ3v) is 4.11. The summed E-state index contributed by atoms with van der Waals surface area (Å²) >= 11 is 5.79. The highest BCUT2D eigenvalue weighted by Gasteiger charge is 2.16. The summed E-state index contributed by atoms with van der Waals surface area (Å²) in [5, 5.41) is 6.64. The van der Waals surface area contributed by atoms with Gasteiger partial charge in [-0.2, -0.15) is 0 Å². The fourth-order valence-corrected chi connectivity index (χ4v) is 2.65. The van der Waals surface area contributed by atoms with Crippen LogP contribution in [0.5, 0.6) is 0 Å². The van der Waals surface area contributed by atoms with Crippen molar-refractivity contribution in [1.29, 1.82) is 0 Å². The van der Waals surface area contributed by atoms with E-state index in [1.165, 1.54) is 17.3 Å². The van der Waals surface area contributed by atoms with Gasteiger partial charge in [0.1, 0.15) is 5.82 Å². The number of amides is 1. The van der Waals surface area contributed by atoms with Crippen LogP contribution in [0.2, 0.25) is 5.02 Å². The van der Waals surface area contributed by atoms with Crippen LogP contribution in [0, 0.1) is 5.92 Å². The maximum Gasteiger partial charge on any atom is 0.239 e. The molecule has 2 rings (SSSR count). The summed E-state index contributed by atoms with van der Waals surface area (Å²) in [6, 6.07) is 12.1. The van der Waals surface area contributed by atoms with E-state index in [0.29, 0.717) is 16.8 Å². The predicted molar refractivity (Wildman–Crippen MR) is 99.3 cm³/mol. The topological polar surface area (TPSA) is 54.0 Å². The zero-order valence-corrected chi connectivity index (χ0v) is 15.1. The van der Waals surface area contributed by atoms with Gasteiger partial charge in [-0.1, -0.05) is 56.6 Å². The van der Waals surface area contributed by atoms with Crippen molar-refractivity contribution in [2.45, 2.75) is 33.2 Å². The number of carbonyl (C=O) groups is 1. The molecular weight excluding hydrogens is 322 g/mol. The fourth-order valence-electron chi connectivity index (χ4n) is 2.54. The van der Waals surface area contributed by atoms with Gasteiger partial charge in [-0.25, -0.2) is 4.98 Å². The number of pyridine rings is 1. The average Bonchev–Trinajstić information content (AvgIpc) is 2.57. The Labute approximate surface area is 148 Å². The SMILES string of the molecule is CCc1ccc(C(NCC(=O)Nc2ccc(Cl)cn2)C(C)C)cc1. The largest absolute Gasteiger partial charge is 0.310 e. The van der Waals surface area contributed by atoms with E-state index in [-0.39, 0.29) is 18.5 Å². The van der Waals surface area contributed by atoms with Crippen molar-refractivity contribution in [3.63, 3.8) is 0 Å². The number of carbonyl (C=O) groups excluding carboxylic acids is 1. The molecule has 0 saturated heterocycles. The summed E-state index contributed by atoms with van der Waals surface area (Å²) in [5.41, 5.74) is 2.51. The maximum atomic E-state index is 12.1. The van der Waals surface area contributed by atoms with Crippen LogP contribution in [-0.4, -0.2) is 17.4 Å². The Kier molecular flexibility index (Phi) is 6.76. The first-order valence-electron chi connectivity index (χ1n) is 8.23. The van der Waals surface area contributed by atoms with E-state index < -0.39 is 0 Å². The number of anilines is 1. The lowest BCUT2D eigenvalue weighted by molar-refractivity contribution is -0.115. The summed E-state index contributed by atoms with van der Waals surface area (Å²) in [6.07, 6.45) is 2.54. The summed E-state index contributed by atoms with van der Waals surface area (Å²) in [4.78, 5) is 16.2. The molecule has 1 unspecified atom stereocenters. The number of rotatable bonds is 7. The number of benzene rings is 1. The van der Waals surface area contributed by atoms with E-state index in [4.69, 9.17) is 11.6 Å². The number of nitrogens with one attached hydrogen (secondary N) is 2. The highest BCUT2D eigenvalue weighted by Crippen LogP contribution is 2.22. The molecule has 0 aliphatic carbocycles. The lowest BCUT2D eigenvalue weighted by Crippen LogP contribution is -2.33. The highest BCUT2D eigenvalue weighted by molar-refractivity contribution is 6.30. The molecule has 1 aromatic carbocycles. The molecule has 1 aromatic heterocycles. The Morgan fingerprint density at radius 3 is 2.42 bits per heavy atom. The first-order valence-corrected chi connectivity index (χ1v) is 8.61. The van der Waals surface area contributed by atoms with E-state index in [0.717, 1.165) is 6.42 Å². The third-order valence-electron chi connectivity index (χ3n) is 3.89. The minimum absolute atomic E-state index is 0.124. The summed E-state index contributed by atoms with van der Waals surface area (Å²) < 4.78 is 0. The molecule has 128 valence electrons. The van der Waals surface area contributed by atoms with Crippen molar-refractivity contribution < 1.29 is 4.79 Å². The van der Waals surface area contributed by atoms with E-state index >= 15 is 0 Å². The number of hydrogen-bond donors (Lipinski definition) is 2. The van der Waals surface area contributed by atoms with Gasteiger partial charge in [0.15, 0.2) is 0 Å². The monoisotopic (exact) mass is 345 g/mol. The molecule has 1 atom stereocenters. The van der Waals surface area contributed by atoms with E-state index in [2.05, 4.69) is 60.7 Å². The minimum atomic E-state index is -0.124. The van der Waals surface area contributed by atoms with Crippen LogP contribution >= 0.6 is 11.6 Å². The highest BCUT2D eigenvalue weighted by atomic mass is 35.5. The quantitative estimate of drug-likeness (QED) is 0.789. The zero-order valence-electron chi connectivity index (χ0n) is 14.3. The van der Waals surface area contributed by atoms with E-state index in [1.54, 1.807) is 12.1 Å². The van der Waals surface area contributed by atoms with Crippen LogP contribution in [0.15, 0.2) is 42.6 Å². The standard InChI is InChI=1S/C19H24ClN3O/c1-4-14-5-7-15(8-6-14)19(13(2)3)22-12-18(24)23-17-10-9-16(20)11-21-17/h5-11,13,19,22H,4,12H2,1-3H3,(H,21,23,24). The Bertz CT molecular complexity index is 653. The molecule has 4 nitrogen and oxygen atoms in total. The zero-order chi connectivity index (χ0) is 17.5. The van der Waals surface area contributed by atoms with Crippen molar-refractivity contribution in [3.05, 3.63) is 58.7 Å². The molecule has 0 radical (unpaired) electrons. The summed E-state index contributed by atoms with van der Waals surface area (Å²) in [7, 11) is 0. The second kappa shape index (κ2) is 8.81. The van der Waals surface area contributed by atoms with E-state index in [9.17, 15) is 4.79 Å². The van der Waals surface area contributed by atoms with E-state index in [1.807, 2.05) is 0 Å². The second-order valence-corrected chi connectivity index (χ2v) is 6.54. The van der Waals surface area contributed by atoms with Gasteiger partial charge in [-0.15, -0.1) is 0 Å². The van der Waals surface area contributed by atoms with Crippen LogP contribution in [0.25, 0.3) is 0 Å². The first-order chi connectivity index (χ1) is 11.5. The van der Waals surface area contributed by atoms with Gasteiger partial charge in [-0.3, -0.25) is 4.79 Å². The van der Waals surface area contributed by atoms with Crippen molar-refractivity contribution in [2.75, 3.05) is 11.9 Å². The number of aromatic nitrogens is 1. The smallest absolute Gasteiger partial charge is 0.239 e. The summed E-state index contributed by atoms with van der Waals surface area (Å²) in [6.45, 7) is 6.65. The van der Waals surface area contributed by atoms with Crippen LogP contribution in [0.1, 0.15) is 37.9 Å². The van der Waals surface area contributed by atoms with Crippen LogP contribution in [-0.2, 0) is 11.2 Å². The molecular formula is C19H24ClN3O.